The molecule has 26 heavy (non-hydrogen) atoms. The van der Waals surface area contributed by atoms with Crippen molar-refractivity contribution in [3.05, 3.63) is 34.1 Å². The Balaban J connectivity index is 1.93. The molecule has 0 bridgehead atoms. The minimum Gasteiger partial charge on any atom is -0.465 e. The molecule has 0 unspecified atom stereocenters. The maximum atomic E-state index is 12.0. The summed E-state index contributed by atoms with van der Waals surface area (Å²) in [6, 6.07) is 0. The summed E-state index contributed by atoms with van der Waals surface area (Å²) in [6.45, 7) is 10.3. The highest BCUT2D eigenvalue weighted by Gasteiger charge is 2.22. The van der Waals surface area contributed by atoms with Crippen LogP contribution in [0.1, 0.15) is 53.5 Å². The Bertz CT molecular complexity index is 969. The first-order valence-corrected chi connectivity index (χ1v) is 9.07. The summed E-state index contributed by atoms with van der Waals surface area (Å²) in [4.78, 5) is 26.5. The summed E-state index contributed by atoms with van der Waals surface area (Å²) >= 11 is 1.31. The molecule has 0 aliphatic heterocycles. The molecule has 138 valence electrons. The Kier molecular flexibility index (Phi) is 4.70. The normalized spacial score (nSPS) is 11.8. The van der Waals surface area contributed by atoms with Crippen molar-refractivity contribution in [3.63, 3.8) is 0 Å². The molecular formula is C18H22N4O3S. The van der Waals surface area contributed by atoms with E-state index < -0.39 is 0 Å². The van der Waals surface area contributed by atoms with E-state index in [9.17, 15) is 4.79 Å². The van der Waals surface area contributed by atoms with Crippen molar-refractivity contribution in [2.45, 2.75) is 46.6 Å². The molecule has 0 aliphatic rings. The second-order valence-electron chi connectivity index (χ2n) is 7.07. The number of oxazole rings is 1. The van der Waals surface area contributed by atoms with Crippen LogP contribution in [-0.2, 0) is 16.7 Å². The number of carbonyl (C=O) groups is 1. The molecule has 0 amide bonds. The maximum absolute atomic E-state index is 12.0. The lowest BCUT2D eigenvalue weighted by atomic mass is 9.94. The van der Waals surface area contributed by atoms with Gasteiger partial charge in [-0.3, -0.25) is 0 Å². The second kappa shape index (κ2) is 6.68. The van der Waals surface area contributed by atoms with Gasteiger partial charge in [0, 0.05) is 5.41 Å². The van der Waals surface area contributed by atoms with E-state index in [1.807, 2.05) is 13.8 Å². The zero-order chi connectivity index (χ0) is 19.1. The number of nitrogens with zero attached hydrogens (tertiary/aromatic N) is 3. The number of hydrogen-bond donors (Lipinski definition) is 1. The highest BCUT2D eigenvalue weighted by molar-refractivity contribution is 7.20. The number of aromatic nitrogens is 3. The minimum absolute atomic E-state index is 0.0939. The number of hydrogen-bond acceptors (Lipinski definition) is 8. The molecule has 0 aliphatic carbocycles. The lowest BCUT2D eigenvalue weighted by Crippen LogP contribution is -2.09. The predicted molar refractivity (Wildman–Crippen MR) is 101 cm³/mol. The summed E-state index contributed by atoms with van der Waals surface area (Å²) in [5.41, 5.74) is 0.714. The van der Waals surface area contributed by atoms with Crippen LogP contribution >= 0.6 is 11.3 Å². The van der Waals surface area contributed by atoms with Gasteiger partial charge in [-0.1, -0.05) is 20.8 Å². The summed E-state index contributed by atoms with van der Waals surface area (Å²) in [5, 5.41) is 4.09. The number of esters is 1. The number of nitrogens with one attached hydrogen (secondary N) is 1. The molecule has 3 rings (SSSR count). The van der Waals surface area contributed by atoms with Crippen LogP contribution in [0.15, 0.2) is 10.6 Å². The molecule has 3 aromatic heterocycles. The molecule has 0 spiro atoms. The van der Waals surface area contributed by atoms with Gasteiger partial charge >= 0.3 is 5.97 Å². The molecule has 7 nitrogen and oxygen atoms in total. The Hall–Kier alpha value is -2.48. The Morgan fingerprint density at radius 1 is 1.31 bits per heavy atom. The van der Waals surface area contributed by atoms with Crippen molar-refractivity contribution in [2.24, 2.45) is 0 Å². The lowest BCUT2D eigenvalue weighted by Gasteiger charge is -2.13. The number of thiophene rings is 1. The number of methoxy groups -OCH3 is 1. The minimum atomic E-state index is -0.364. The van der Waals surface area contributed by atoms with E-state index in [-0.39, 0.29) is 11.4 Å². The molecule has 8 heteroatoms. The topological polar surface area (TPSA) is 90.1 Å². The average molecular weight is 374 g/mol. The van der Waals surface area contributed by atoms with Gasteiger partial charge in [0.05, 0.1) is 25.2 Å². The lowest BCUT2D eigenvalue weighted by molar-refractivity contribution is 0.0605. The monoisotopic (exact) mass is 374 g/mol. The highest BCUT2D eigenvalue weighted by Crippen LogP contribution is 2.34. The summed E-state index contributed by atoms with van der Waals surface area (Å²) < 4.78 is 10.7. The van der Waals surface area contributed by atoms with E-state index in [1.54, 1.807) is 6.20 Å². The fourth-order valence-electron chi connectivity index (χ4n) is 2.56. The molecular weight excluding hydrogens is 352 g/mol. The van der Waals surface area contributed by atoms with Crippen LogP contribution in [0.5, 0.6) is 0 Å². The third-order valence-electron chi connectivity index (χ3n) is 3.97. The number of anilines is 1. The molecule has 0 atom stereocenters. The molecule has 0 saturated carbocycles. The van der Waals surface area contributed by atoms with Crippen LogP contribution in [0.25, 0.3) is 10.2 Å². The molecule has 0 saturated heterocycles. The third-order valence-corrected chi connectivity index (χ3v) is 5.14. The van der Waals surface area contributed by atoms with E-state index in [2.05, 4.69) is 41.0 Å². The van der Waals surface area contributed by atoms with Crippen LogP contribution in [0, 0.1) is 13.8 Å². The van der Waals surface area contributed by atoms with Crippen LogP contribution in [0.3, 0.4) is 0 Å². The van der Waals surface area contributed by atoms with Gasteiger partial charge in [0.15, 0.2) is 0 Å². The van der Waals surface area contributed by atoms with Crippen LogP contribution in [-0.4, -0.2) is 28.0 Å². The molecule has 0 radical (unpaired) electrons. The maximum Gasteiger partial charge on any atom is 0.348 e. The van der Waals surface area contributed by atoms with Crippen molar-refractivity contribution in [3.8, 4) is 0 Å². The van der Waals surface area contributed by atoms with Crippen molar-refractivity contribution in [1.82, 2.24) is 15.0 Å². The zero-order valence-electron chi connectivity index (χ0n) is 15.8. The summed E-state index contributed by atoms with van der Waals surface area (Å²) in [7, 11) is 1.37. The largest absolute Gasteiger partial charge is 0.465 e. The standard InChI is InChI=1S/C18H22N4O3S/c1-9-13-15(20-8-12-19-7-11(25-12)18(3,4)5)21-10(2)22-16(13)26-14(9)17(23)24-6/h7H,8H2,1-6H3,(H,20,21,22). The van der Waals surface area contributed by atoms with Crippen LogP contribution < -0.4 is 5.32 Å². The SMILES string of the molecule is COC(=O)c1sc2nc(C)nc(NCc3ncc(C(C)(C)C)o3)c2c1C. The fourth-order valence-corrected chi connectivity index (χ4v) is 3.70. The molecule has 0 aromatic carbocycles. The first-order chi connectivity index (χ1) is 12.2. The first-order valence-electron chi connectivity index (χ1n) is 8.26. The van der Waals surface area contributed by atoms with Crippen molar-refractivity contribution < 1.29 is 13.9 Å². The Labute approximate surface area is 155 Å². The van der Waals surface area contributed by atoms with E-state index in [0.29, 0.717) is 29.0 Å². The van der Waals surface area contributed by atoms with Gasteiger partial charge in [-0.15, -0.1) is 11.3 Å². The van der Waals surface area contributed by atoms with E-state index in [1.165, 1.54) is 18.4 Å². The third kappa shape index (κ3) is 3.41. The molecule has 0 fully saturated rings. The molecule has 3 heterocycles. The van der Waals surface area contributed by atoms with Gasteiger partial charge in [0.2, 0.25) is 5.89 Å². The summed E-state index contributed by atoms with van der Waals surface area (Å²) in [5.74, 6) is 2.34. The quantitative estimate of drug-likeness (QED) is 0.690. The number of aryl methyl sites for hydroxylation is 2. The predicted octanol–water partition coefficient (Wildman–Crippen LogP) is 3.99. The average Bonchev–Trinajstić information content (AvgIpc) is 3.17. The first kappa shape index (κ1) is 18.3. The number of carbonyl (C=O) groups excluding carboxylic acids is 1. The number of rotatable bonds is 4. The van der Waals surface area contributed by atoms with Crippen LogP contribution in [0.4, 0.5) is 5.82 Å². The van der Waals surface area contributed by atoms with Gasteiger partial charge in [-0.2, -0.15) is 0 Å². The Morgan fingerprint density at radius 3 is 2.65 bits per heavy atom. The smallest absolute Gasteiger partial charge is 0.348 e. The van der Waals surface area contributed by atoms with E-state index >= 15 is 0 Å². The number of ether oxygens (including phenoxy) is 1. The second-order valence-corrected chi connectivity index (χ2v) is 8.07. The van der Waals surface area contributed by atoms with Crippen molar-refractivity contribution in [1.29, 1.82) is 0 Å². The van der Waals surface area contributed by atoms with E-state index in [4.69, 9.17) is 9.15 Å². The molecule has 1 N–H and O–H groups in total. The molecule has 3 aromatic rings. The van der Waals surface area contributed by atoms with Gasteiger partial charge in [-0.25, -0.2) is 19.7 Å². The summed E-state index contributed by atoms with van der Waals surface area (Å²) in [6.07, 6.45) is 1.75. The van der Waals surface area contributed by atoms with Crippen molar-refractivity contribution in [2.75, 3.05) is 12.4 Å². The van der Waals surface area contributed by atoms with Crippen LogP contribution in [0.2, 0.25) is 0 Å². The van der Waals surface area contributed by atoms with Gasteiger partial charge < -0.3 is 14.5 Å². The van der Waals surface area contributed by atoms with E-state index in [0.717, 1.165) is 21.5 Å². The van der Waals surface area contributed by atoms with Crippen molar-refractivity contribution >= 4 is 33.3 Å². The number of fused-ring (bicyclic) bond motifs is 1. The van der Waals surface area contributed by atoms with Gasteiger partial charge in [0.25, 0.3) is 0 Å². The van der Waals surface area contributed by atoms with Gasteiger partial charge in [-0.05, 0) is 19.4 Å². The fraction of sp³-hybridized carbons (Fsp3) is 0.444. The Morgan fingerprint density at radius 2 is 2.04 bits per heavy atom. The highest BCUT2D eigenvalue weighted by atomic mass is 32.1. The van der Waals surface area contributed by atoms with Gasteiger partial charge in [0.1, 0.15) is 27.1 Å². The zero-order valence-corrected chi connectivity index (χ0v) is 16.6.